The predicted octanol–water partition coefficient (Wildman–Crippen LogP) is 7.81. The minimum absolute atomic E-state index is 0.0875. The number of hydrogen-bond donors (Lipinski definition) is 1. The standard InChI is InChI=1S/C30H44INO/c1-19-16-24-23(21(3)20(19)2)11-10-22-17-28(7)14-13-27(6,25(32)33)18-30(28,31-9)26(4,5)12-15-29(22,24)8/h10,16,23H,1,9,11-15,17-18H2,2-8H3,(H2,32,33)/t23?,27-,28-,29-,30-/m1/s1. The number of hydrogen-bond acceptors (Lipinski definition) is 1. The smallest absolute Gasteiger partial charge is 0.223 e. The van der Waals surface area contributed by atoms with Crippen molar-refractivity contribution >= 4 is 31.2 Å². The van der Waals surface area contributed by atoms with Crippen LogP contribution in [0.15, 0.2) is 46.6 Å². The van der Waals surface area contributed by atoms with Crippen molar-refractivity contribution in [3.63, 3.8) is 0 Å². The number of carbonyl (C=O) groups is 1. The predicted molar refractivity (Wildman–Crippen MR) is 151 cm³/mol. The fraction of sp³-hybridized carbons (Fsp3) is 0.667. The van der Waals surface area contributed by atoms with Gasteiger partial charge in [-0.2, -0.15) is 0 Å². The highest BCUT2D eigenvalue weighted by atomic mass is 127. The molecule has 0 aromatic rings. The number of fused-ring (bicyclic) bond motifs is 4. The highest BCUT2D eigenvalue weighted by Crippen LogP contribution is 2.70. The van der Waals surface area contributed by atoms with Crippen molar-refractivity contribution in [2.24, 2.45) is 33.3 Å². The lowest BCUT2D eigenvalue weighted by molar-refractivity contribution is -0.132. The molecule has 0 bridgehead atoms. The lowest BCUT2D eigenvalue weighted by atomic mass is 9.46. The molecule has 0 saturated heterocycles. The van der Waals surface area contributed by atoms with Crippen LogP contribution in [0.1, 0.15) is 93.4 Å². The van der Waals surface area contributed by atoms with E-state index in [-0.39, 0.29) is 46.3 Å². The second kappa shape index (κ2) is 7.77. The van der Waals surface area contributed by atoms with E-state index in [0.717, 1.165) is 44.9 Å². The van der Waals surface area contributed by atoms with Crippen LogP contribution in [-0.4, -0.2) is 13.8 Å². The van der Waals surface area contributed by atoms with Crippen LogP contribution < -0.4 is 5.73 Å². The third-order valence-electron chi connectivity index (χ3n) is 10.8. The largest absolute Gasteiger partial charge is 0.369 e. The third-order valence-corrected chi connectivity index (χ3v) is 15.2. The summed E-state index contributed by atoms with van der Waals surface area (Å²) in [6.07, 6.45) is 12.4. The van der Waals surface area contributed by atoms with Crippen LogP contribution in [0.25, 0.3) is 0 Å². The molecule has 2 N–H and O–H groups in total. The number of primary amides is 1. The molecule has 2 fully saturated rings. The van der Waals surface area contributed by atoms with E-state index >= 15 is 0 Å². The van der Waals surface area contributed by atoms with Gasteiger partial charge in [0.1, 0.15) is 0 Å². The maximum absolute atomic E-state index is 12.6. The quantitative estimate of drug-likeness (QED) is 0.209. The summed E-state index contributed by atoms with van der Waals surface area (Å²) in [4.78, 5) is 12.6. The molecule has 3 heteroatoms. The second-order valence-corrected chi connectivity index (χ2v) is 15.5. The molecule has 2 nitrogen and oxygen atoms in total. The molecule has 0 spiro atoms. The normalized spacial score (nSPS) is 42.8. The molecule has 0 heterocycles. The molecular formula is C30H44INO. The van der Waals surface area contributed by atoms with E-state index in [0.29, 0.717) is 5.92 Å². The summed E-state index contributed by atoms with van der Waals surface area (Å²) < 4.78 is 4.74. The summed E-state index contributed by atoms with van der Waals surface area (Å²) in [6.45, 7) is 21.1. The topological polar surface area (TPSA) is 43.1 Å². The Morgan fingerprint density at radius 1 is 1.09 bits per heavy atom. The molecule has 4 aliphatic carbocycles. The monoisotopic (exact) mass is 561 g/mol. The number of halogens is 1. The SMILES string of the molecule is C=I[C@@]12C[C@](C)(C(N)=O)CC[C@]1(C)CC1=CCC3C(=CC(=C)C(C)=C3C)[C@]1(C)CCC2(C)C. The molecule has 2 saturated carbocycles. The van der Waals surface area contributed by atoms with Gasteiger partial charge in [-0.1, -0.05) is 74.6 Å². The van der Waals surface area contributed by atoms with Gasteiger partial charge in [-0.05, 0) is 80.8 Å². The molecule has 33 heavy (non-hydrogen) atoms. The van der Waals surface area contributed by atoms with Crippen molar-refractivity contribution in [1.82, 2.24) is 0 Å². The maximum atomic E-state index is 12.6. The molecule has 0 radical (unpaired) electrons. The Bertz CT molecular complexity index is 1030. The molecular weight excluding hydrogens is 517 g/mol. The molecule has 5 atom stereocenters. The van der Waals surface area contributed by atoms with Crippen LogP contribution in [0.2, 0.25) is 0 Å². The average Bonchev–Trinajstić information content (AvgIpc) is 2.74. The first-order valence-corrected chi connectivity index (χ1v) is 15.2. The first-order valence-electron chi connectivity index (χ1n) is 12.6. The molecule has 1 unspecified atom stereocenters. The van der Waals surface area contributed by atoms with Crippen molar-refractivity contribution < 1.29 is 4.79 Å². The van der Waals surface area contributed by atoms with Crippen LogP contribution in [-0.2, 0) is 4.79 Å². The van der Waals surface area contributed by atoms with Crippen molar-refractivity contribution in [1.29, 1.82) is 0 Å². The van der Waals surface area contributed by atoms with E-state index in [9.17, 15) is 4.79 Å². The number of amides is 1. The molecule has 4 rings (SSSR count). The van der Waals surface area contributed by atoms with Gasteiger partial charge in [-0.3, -0.25) is 4.79 Å². The Labute approximate surface area is 212 Å². The summed E-state index contributed by atoms with van der Waals surface area (Å²) >= 11 is -0.351. The van der Waals surface area contributed by atoms with Crippen LogP contribution >= 0.6 is 20.7 Å². The van der Waals surface area contributed by atoms with E-state index < -0.39 is 5.41 Å². The second-order valence-electron chi connectivity index (χ2n) is 12.9. The van der Waals surface area contributed by atoms with Crippen LogP contribution in [0.5, 0.6) is 0 Å². The van der Waals surface area contributed by atoms with Gasteiger partial charge in [-0.15, -0.1) is 20.7 Å². The fourth-order valence-electron chi connectivity index (χ4n) is 7.89. The lowest BCUT2D eigenvalue weighted by Crippen LogP contribution is -2.61. The molecule has 182 valence electrons. The number of rotatable bonds is 2. The van der Waals surface area contributed by atoms with Gasteiger partial charge < -0.3 is 5.73 Å². The van der Waals surface area contributed by atoms with Crippen LogP contribution in [0.4, 0.5) is 0 Å². The minimum atomic E-state index is -0.411. The van der Waals surface area contributed by atoms with Crippen LogP contribution in [0, 0.1) is 27.6 Å². The average molecular weight is 562 g/mol. The van der Waals surface area contributed by atoms with E-state index in [1.807, 2.05) is 0 Å². The van der Waals surface area contributed by atoms with Gasteiger partial charge in [0.05, 0.1) is 0 Å². The Morgan fingerprint density at radius 3 is 2.36 bits per heavy atom. The zero-order valence-corrected chi connectivity index (χ0v) is 24.1. The fourth-order valence-corrected chi connectivity index (χ4v) is 11.7. The molecule has 1 amide bonds. The zero-order chi connectivity index (χ0) is 24.6. The highest BCUT2D eigenvalue weighted by molar-refractivity contribution is 14.2. The number of carbonyl (C=O) groups excluding carboxylic acids is 1. The van der Waals surface area contributed by atoms with Crippen molar-refractivity contribution in [2.45, 2.75) is 96.8 Å². The summed E-state index contributed by atoms with van der Waals surface area (Å²) in [5.74, 6) is 0.404. The summed E-state index contributed by atoms with van der Waals surface area (Å²) in [7, 11) is 0. The molecule has 0 aromatic carbocycles. The van der Waals surface area contributed by atoms with E-state index in [4.69, 9.17) is 5.73 Å². The van der Waals surface area contributed by atoms with Crippen molar-refractivity contribution in [3.8, 4) is 0 Å². The number of alkyl halides is 1. The van der Waals surface area contributed by atoms with Crippen molar-refractivity contribution in [3.05, 3.63) is 46.6 Å². The van der Waals surface area contributed by atoms with Gasteiger partial charge >= 0.3 is 0 Å². The van der Waals surface area contributed by atoms with E-state index in [2.05, 4.69) is 71.7 Å². The maximum Gasteiger partial charge on any atom is 0.223 e. The molecule has 4 aliphatic rings. The van der Waals surface area contributed by atoms with E-state index in [1.54, 1.807) is 11.1 Å². The summed E-state index contributed by atoms with van der Waals surface area (Å²) in [5, 5.41) is 0. The van der Waals surface area contributed by atoms with Gasteiger partial charge in [0.15, 0.2) is 0 Å². The Kier molecular flexibility index (Phi) is 5.91. The Balaban J connectivity index is 1.86. The van der Waals surface area contributed by atoms with Crippen molar-refractivity contribution in [2.75, 3.05) is 0 Å². The Morgan fingerprint density at radius 2 is 1.76 bits per heavy atom. The van der Waals surface area contributed by atoms with Gasteiger partial charge in [-0.25, -0.2) is 0 Å². The third kappa shape index (κ3) is 3.37. The molecule has 0 aliphatic heterocycles. The zero-order valence-electron chi connectivity index (χ0n) is 22.0. The van der Waals surface area contributed by atoms with Gasteiger partial charge in [0.25, 0.3) is 0 Å². The number of nitrogens with two attached hydrogens (primary N) is 1. The van der Waals surface area contributed by atoms with Crippen LogP contribution in [0.3, 0.4) is 0 Å². The van der Waals surface area contributed by atoms with Gasteiger partial charge in [0, 0.05) is 20.2 Å². The lowest BCUT2D eigenvalue weighted by Gasteiger charge is -2.64. The first kappa shape index (κ1) is 25.1. The molecule has 0 aromatic heterocycles. The number of allylic oxidation sites excluding steroid dienone is 7. The summed E-state index contributed by atoms with van der Waals surface area (Å²) in [6, 6.07) is 0. The first-order chi connectivity index (χ1) is 15.2. The highest BCUT2D eigenvalue weighted by Gasteiger charge is 2.63. The van der Waals surface area contributed by atoms with Gasteiger partial charge in [0.2, 0.25) is 5.91 Å². The Hall–Kier alpha value is -0.970. The minimum Gasteiger partial charge on any atom is -0.369 e. The summed E-state index contributed by atoms with van der Waals surface area (Å²) in [5.41, 5.74) is 13.2. The van der Waals surface area contributed by atoms with E-state index in [1.165, 1.54) is 16.7 Å².